The molecule has 0 aliphatic carbocycles. The Morgan fingerprint density at radius 2 is 0.481 bits per heavy atom. The van der Waals surface area contributed by atoms with Crippen molar-refractivity contribution in [2.24, 2.45) is 0 Å². The molecule has 1 unspecified atom stereocenters. The summed E-state index contributed by atoms with van der Waals surface area (Å²) < 4.78 is 16.9. The lowest BCUT2D eigenvalue weighted by Gasteiger charge is -2.18. The Bertz CT molecular complexity index is 1530. The van der Waals surface area contributed by atoms with Crippen molar-refractivity contribution in [2.45, 2.75) is 361 Å². The zero-order valence-electron chi connectivity index (χ0n) is 53.8. The van der Waals surface area contributed by atoms with Crippen LogP contribution in [0.15, 0.2) is 85.1 Å². The van der Waals surface area contributed by atoms with Gasteiger partial charge in [0.25, 0.3) is 0 Å². The van der Waals surface area contributed by atoms with Crippen LogP contribution in [0.4, 0.5) is 0 Å². The molecule has 0 bridgehead atoms. The van der Waals surface area contributed by atoms with E-state index in [0.717, 1.165) is 109 Å². The third kappa shape index (κ3) is 67.3. The summed E-state index contributed by atoms with van der Waals surface area (Å²) in [5.41, 5.74) is 0. The molecule has 0 saturated heterocycles. The van der Waals surface area contributed by atoms with Crippen LogP contribution in [0.2, 0.25) is 0 Å². The van der Waals surface area contributed by atoms with Gasteiger partial charge in [0.05, 0.1) is 0 Å². The summed E-state index contributed by atoms with van der Waals surface area (Å²) in [5, 5.41) is 0. The highest BCUT2D eigenvalue weighted by Gasteiger charge is 2.19. The molecule has 0 aliphatic heterocycles. The van der Waals surface area contributed by atoms with E-state index < -0.39 is 6.10 Å². The molecule has 0 saturated carbocycles. The summed E-state index contributed by atoms with van der Waals surface area (Å²) in [6, 6.07) is 0. The zero-order chi connectivity index (χ0) is 58.5. The van der Waals surface area contributed by atoms with Gasteiger partial charge in [-0.15, -0.1) is 0 Å². The van der Waals surface area contributed by atoms with E-state index in [1.807, 2.05) is 0 Å². The van der Waals surface area contributed by atoms with Crippen molar-refractivity contribution in [2.75, 3.05) is 13.2 Å². The number of carbonyl (C=O) groups is 3. The van der Waals surface area contributed by atoms with Crippen LogP contribution in [-0.4, -0.2) is 37.2 Å². The van der Waals surface area contributed by atoms with Gasteiger partial charge < -0.3 is 14.2 Å². The normalized spacial score (nSPS) is 12.6. The average molecular weight is 1130 g/mol. The van der Waals surface area contributed by atoms with Gasteiger partial charge in [0, 0.05) is 19.3 Å². The molecule has 468 valence electrons. The van der Waals surface area contributed by atoms with Crippen LogP contribution in [0.5, 0.6) is 0 Å². The van der Waals surface area contributed by atoms with Crippen LogP contribution in [0.1, 0.15) is 355 Å². The summed E-state index contributed by atoms with van der Waals surface area (Å²) >= 11 is 0. The predicted molar refractivity (Wildman–Crippen MR) is 353 cm³/mol. The van der Waals surface area contributed by atoms with Crippen molar-refractivity contribution < 1.29 is 28.6 Å². The monoisotopic (exact) mass is 1130 g/mol. The van der Waals surface area contributed by atoms with E-state index >= 15 is 0 Å². The number of ether oxygens (including phenoxy) is 3. The van der Waals surface area contributed by atoms with Gasteiger partial charge >= 0.3 is 17.9 Å². The molecule has 0 fully saturated rings. The van der Waals surface area contributed by atoms with Gasteiger partial charge in [-0.2, -0.15) is 0 Å². The van der Waals surface area contributed by atoms with E-state index in [2.05, 4.69) is 106 Å². The van der Waals surface area contributed by atoms with Crippen LogP contribution in [-0.2, 0) is 28.6 Å². The summed E-state index contributed by atoms with van der Waals surface area (Å²) in [5.74, 6) is -0.869. The van der Waals surface area contributed by atoms with Gasteiger partial charge in [0.1, 0.15) is 13.2 Å². The maximum absolute atomic E-state index is 12.9. The van der Waals surface area contributed by atoms with Crippen molar-refractivity contribution in [1.29, 1.82) is 0 Å². The van der Waals surface area contributed by atoms with E-state index in [1.165, 1.54) is 205 Å². The minimum Gasteiger partial charge on any atom is -0.462 e. The second-order valence-electron chi connectivity index (χ2n) is 23.4. The number of rotatable bonds is 64. The highest BCUT2D eigenvalue weighted by atomic mass is 16.6. The molecule has 0 rings (SSSR count). The lowest BCUT2D eigenvalue weighted by Crippen LogP contribution is -2.30. The van der Waals surface area contributed by atoms with Gasteiger partial charge in [-0.1, -0.05) is 343 Å². The Morgan fingerprint density at radius 3 is 0.753 bits per heavy atom. The van der Waals surface area contributed by atoms with Crippen molar-refractivity contribution in [3.05, 3.63) is 85.1 Å². The van der Waals surface area contributed by atoms with Crippen molar-refractivity contribution in [3.8, 4) is 0 Å². The molecule has 0 aliphatic rings. The smallest absolute Gasteiger partial charge is 0.306 e. The minimum atomic E-state index is -0.775. The first-order chi connectivity index (χ1) is 40.0. The van der Waals surface area contributed by atoms with Crippen LogP contribution < -0.4 is 0 Å². The summed E-state index contributed by atoms with van der Waals surface area (Å²) in [6.07, 6.45) is 92.1. The molecule has 0 aromatic rings. The molecular formula is C75H132O6. The molecule has 6 heteroatoms. The number of unbranched alkanes of at least 4 members (excludes halogenated alkanes) is 39. The van der Waals surface area contributed by atoms with Crippen LogP contribution in [0.25, 0.3) is 0 Å². The quantitative estimate of drug-likeness (QED) is 0.0261. The molecule has 0 aromatic carbocycles. The third-order valence-electron chi connectivity index (χ3n) is 15.4. The Labute approximate surface area is 503 Å². The number of carbonyl (C=O) groups excluding carboxylic acids is 3. The predicted octanol–water partition coefficient (Wildman–Crippen LogP) is 24.2. The first-order valence-corrected chi connectivity index (χ1v) is 35.1. The number of esters is 3. The number of hydrogen-bond donors (Lipinski definition) is 0. The van der Waals surface area contributed by atoms with E-state index in [-0.39, 0.29) is 31.1 Å². The molecule has 0 amide bonds. The Hall–Kier alpha value is -3.41. The molecule has 0 N–H and O–H groups in total. The first-order valence-electron chi connectivity index (χ1n) is 35.1. The van der Waals surface area contributed by atoms with Gasteiger partial charge in [-0.25, -0.2) is 0 Å². The van der Waals surface area contributed by atoms with Crippen LogP contribution in [0, 0.1) is 0 Å². The second-order valence-corrected chi connectivity index (χ2v) is 23.4. The first kappa shape index (κ1) is 77.6. The number of hydrogen-bond acceptors (Lipinski definition) is 6. The van der Waals surface area contributed by atoms with E-state index in [9.17, 15) is 14.4 Å². The van der Waals surface area contributed by atoms with Gasteiger partial charge in [-0.05, 0) is 77.0 Å². The van der Waals surface area contributed by atoms with E-state index in [1.54, 1.807) is 0 Å². The van der Waals surface area contributed by atoms with Crippen molar-refractivity contribution in [3.63, 3.8) is 0 Å². The van der Waals surface area contributed by atoms with Gasteiger partial charge in [-0.3, -0.25) is 14.4 Å². The maximum atomic E-state index is 12.9. The third-order valence-corrected chi connectivity index (χ3v) is 15.4. The Morgan fingerprint density at radius 1 is 0.259 bits per heavy atom. The fourth-order valence-electron chi connectivity index (χ4n) is 10.2. The molecular weight excluding hydrogens is 997 g/mol. The SMILES string of the molecule is CC/C=C\C/C=C\C/C=C\C/C=C\C/C=C\C/C=C\C/C=C\CCCCCCCCCCCC(=O)OCC(COC(=O)CCCCCCCCC)OC(=O)CCCCCCCCCCCCCCCCCCCCCCCCCCC. The maximum Gasteiger partial charge on any atom is 0.306 e. The summed E-state index contributed by atoms with van der Waals surface area (Å²) in [4.78, 5) is 38.2. The Balaban J connectivity index is 4.09. The largest absolute Gasteiger partial charge is 0.462 e. The molecule has 81 heavy (non-hydrogen) atoms. The van der Waals surface area contributed by atoms with Gasteiger partial charge in [0.15, 0.2) is 6.10 Å². The lowest BCUT2D eigenvalue weighted by atomic mass is 10.0. The molecule has 6 nitrogen and oxygen atoms in total. The second kappa shape index (κ2) is 69.1. The highest BCUT2D eigenvalue weighted by Crippen LogP contribution is 2.18. The standard InChI is InChI=1S/C75H132O6/c1-4-7-10-13-16-18-20-22-24-26-28-30-32-34-35-36-37-38-39-41-42-44-46-48-50-52-54-56-59-62-65-68-74(77)80-71-72(70-79-73(76)67-64-61-58-15-12-9-6-3)81-75(78)69-66-63-60-57-55-53-51-49-47-45-43-40-33-31-29-27-25-23-21-19-17-14-11-8-5-2/h7,10,16,18,22,24,28,30,34-35,37-38,41-42,72H,4-6,8-9,11-15,17,19-21,23,25-27,29,31-33,36,39-40,43-71H2,1-3H3/b10-7-,18-16-,24-22-,30-28-,35-34-,38-37-,42-41-. The zero-order valence-corrected chi connectivity index (χ0v) is 53.8. The molecule has 0 heterocycles. The minimum absolute atomic E-state index is 0.0738. The van der Waals surface area contributed by atoms with E-state index in [4.69, 9.17) is 14.2 Å². The topological polar surface area (TPSA) is 78.9 Å². The molecule has 0 aromatic heterocycles. The lowest BCUT2D eigenvalue weighted by molar-refractivity contribution is -0.167. The van der Waals surface area contributed by atoms with Crippen LogP contribution >= 0.6 is 0 Å². The summed E-state index contributed by atoms with van der Waals surface area (Å²) in [6.45, 7) is 6.53. The van der Waals surface area contributed by atoms with Crippen molar-refractivity contribution in [1.82, 2.24) is 0 Å². The highest BCUT2D eigenvalue weighted by molar-refractivity contribution is 5.71. The van der Waals surface area contributed by atoms with Crippen LogP contribution in [0.3, 0.4) is 0 Å². The molecule has 0 radical (unpaired) electrons. The van der Waals surface area contributed by atoms with E-state index in [0.29, 0.717) is 19.3 Å². The average Bonchev–Trinajstić information content (AvgIpc) is 3.46. The van der Waals surface area contributed by atoms with Gasteiger partial charge in [0.2, 0.25) is 0 Å². The Kier molecular flexibility index (Phi) is 66.2. The molecule has 1 atom stereocenters. The fourth-order valence-corrected chi connectivity index (χ4v) is 10.2. The molecule has 0 spiro atoms. The van der Waals surface area contributed by atoms with Crippen molar-refractivity contribution >= 4 is 17.9 Å². The number of allylic oxidation sites excluding steroid dienone is 14. The summed E-state index contributed by atoms with van der Waals surface area (Å²) in [7, 11) is 0. The fraction of sp³-hybridized carbons (Fsp3) is 0.773.